The number of aryl methyl sites for hydroxylation is 1. The Hall–Kier alpha value is -2.56. The summed E-state index contributed by atoms with van der Waals surface area (Å²) in [6, 6.07) is 7.83. The van der Waals surface area contributed by atoms with E-state index in [1.807, 2.05) is 30.5 Å². The molecule has 0 unspecified atom stereocenters. The number of aromatic nitrogens is 3. The van der Waals surface area contributed by atoms with Crippen molar-refractivity contribution in [3.8, 4) is 0 Å². The minimum Gasteiger partial charge on any atom is -0.361 e. The van der Waals surface area contributed by atoms with Crippen molar-refractivity contribution in [3.63, 3.8) is 0 Å². The van der Waals surface area contributed by atoms with Crippen LogP contribution in [0.3, 0.4) is 0 Å². The van der Waals surface area contributed by atoms with Gasteiger partial charge in [0.1, 0.15) is 0 Å². The smallest absolute Gasteiger partial charge is 0.276 e. The molecule has 0 saturated heterocycles. The fourth-order valence-electron chi connectivity index (χ4n) is 3.17. The zero-order valence-electron chi connectivity index (χ0n) is 12.3. The van der Waals surface area contributed by atoms with Crippen molar-refractivity contribution in [2.24, 2.45) is 0 Å². The van der Waals surface area contributed by atoms with E-state index in [1.54, 1.807) is 0 Å². The third-order valence-electron chi connectivity index (χ3n) is 4.33. The number of rotatable bonds is 2. The van der Waals surface area contributed by atoms with Gasteiger partial charge >= 0.3 is 0 Å². The normalized spacial score (nSPS) is 14.5. The fourth-order valence-corrected chi connectivity index (χ4v) is 3.17. The SMILES string of the molecule is O=C(Nc1ccc2[nH]ccc2c1)c1n[nH]c2c1CCCCC2. The van der Waals surface area contributed by atoms with E-state index in [2.05, 4.69) is 20.5 Å². The van der Waals surface area contributed by atoms with Gasteiger partial charge in [0.05, 0.1) is 0 Å². The summed E-state index contributed by atoms with van der Waals surface area (Å²) in [5.74, 6) is -0.130. The quantitative estimate of drug-likeness (QED) is 0.634. The highest BCUT2D eigenvalue weighted by atomic mass is 16.1. The highest BCUT2D eigenvalue weighted by Gasteiger charge is 2.20. The minimum atomic E-state index is -0.130. The molecule has 22 heavy (non-hydrogen) atoms. The van der Waals surface area contributed by atoms with Crippen LogP contribution in [-0.4, -0.2) is 21.1 Å². The molecule has 0 aliphatic heterocycles. The lowest BCUT2D eigenvalue weighted by molar-refractivity contribution is 0.102. The summed E-state index contributed by atoms with van der Waals surface area (Å²) in [5.41, 5.74) is 4.63. The van der Waals surface area contributed by atoms with Gasteiger partial charge in [-0.1, -0.05) is 6.42 Å². The number of aromatic amines is 2. The van der Waals surface area contributed by atoms with Crippen LogP contribution in [0.25, 0.3) is 10.9 Å². The van der Waals surface area contributed by atoms with Crippen LogP contribution < -0.4 is 5.32 Å². The van der Waals surface area contributed by atoms with Gasteiger partial charge in [-0.3, -0.25) is 9.89 Å². The molecule has 4 rings (SSSR count). The van der Waals surface area contributed by atoms with Gasteiger partial charge in [0.15, 0.2) is 5.69 Å². The van der Waals surface area contributed by atoms with Crippen LogP contribution in [-0.2, 0) is 12.8 Å². The number of hydrogen-bond donors (Lipinski definition) is 3. The highest BCUT2D eigenvalue weighted by molar-refractivity contribution is 6.04. The molecule has 5 heteroatoms. The summed E-state index contributed by atoms with van der Waals surface area (Å²) < 4.78 is 0. The van der Waals surface area contributed by atoms with Gasteiger partial charge in [-0.2, -0.15) is 5.10 Å². The Morgan fingerprint density at radius 2 is 2.05 bits per heavy atom. The van der Waals surface area contributed by atoms with Crippen LogP contribution in [0.4, 0.5) is 5.69 Å². The van der Waals surface area contributed by atoms with E-state index in [1.165, 1.54) is 12.8 Å². The van der Waals surface area contributed by atoms with Crippen LogP contribution in [0.2, 0.25) is 0 Å². The maximum Gasteiger partial charge on any atom is 0.276 e. The van der Waals surface area contributed by atoms with E-state index in [0.717, 1.165) is 47.1 Å². The zero-order chi connectivity index (χ0) is 14.9. The number of fused-ring (bicyclic) bond motifs is 2. The molecule has 0 saturated carbocycles. The van der Waals surface area contributed by atoms with Crippen molar-refractivity contribution in [2.75, 3.05) is 5.32 Å². The molecule has 0 radical (unpaired) electrons. The Morgan fingerprint density at radius 1 is 1.14 bits per heavy atom. The molecule has 2 heterocycles. The van der Waals surface area contributed by atoms with Crippen molar-refractivity contribution in [1.82, 2.24) is 15.2 Å². The van der Waals surface area contributed by atoms with Crippen LogP contribution >= 0.6 is 0 Å². The largest absolute Gasteiger partial charge is 0.361 e. The number of hydrogen-bond acceptors (Lipinski definition) is 2. The van der Waals surface area contributed by atoms with E-state index < -0.39 is 0 Å². The predicted molar refractivity (Wildman–Crippen MR) is 86.1 cm³/mol. The minimum absolute atomic E-state index is 0.130. The summed E-state index contributed by atoms with van der Waals surface area (Å²) in [4.78, 5) is 15.7. The molecule has 1 amide bonds. The van der Waals surface area contributed by atoms with Crippen LogP contribution in [0.15, 0.2) is 30.5 Å². The highest BCUT2D eigenvalue weighted by Crippen LogP contribution is 2.23. The number of carbonyl (C=O) groups excluding carboxylic acids is 1. The Morgan fingerprint density at radius 3 is 3.00 bits per heavy atom. The van der Waals surface area contributed by atoms with E-state index in [9.17, 15) is 4.79 Å². The van der Waals surface area contributed by atoms with E-state index in [4.69, 9.17) is 0 Å². The molecule has 1 aliphatic rings. The summed E-state index contributed by atoms with van der Waals surface area (Å²) in [6.45, 7) is 0. The van der Waals surface area contributed by atoms with Gasteiger partial charge in [-0.25, -0.2) is 0 Å². The van der Waals surface area contributed by atoms with Crippen molar-refractivity contribution in [2.45, 2.75) is 32.1 Å². The molecular formula is C17H18N4O. The number of anilines is 1. The maximum absolute atomic E-state index is 12.5. The van der Waals surface area contributed by atoms with Crippen LogP contribution in [0.1, 0.15) is 41.0 Å². The van der Waals surface area contributed by atoms with Crippen LogP contribution in [0, 0.1) is 0 Å². The average Bonchev–Trinajstić information content (AvgIpc) is 3.08. The Kier molecular flexibility index (Phi) is 3.18. The van der Waals surface area contributed by atoms with Gasteiger partial charge in [0.25, 0.3) is 5.91 Å². The molecule has 5 nitrogen and oxygen atoms in total. The van der Waals surface area contributed by atoms with Gasteiger partial charge in [0.2, 0.25) is 0 Å². The standard InChI is InChI=1S/C17H18N4O/c22-17(16-13-4-2-1-3-5-15(13)20-21-16)19-12-6-7-14-11(10-12)8-9-18-14/h6-10,18H,1-5H2,(H,19,22)(H,20,21). The lowest BCUT2D eigenvalue weighted by atomic mass is 10.1. The zero-order valence-corrected chi connectivity index (χ0v) is 12.3. The Balaban J connectivity index is 1.60. The van der Waals surface area contributed by atoms with Crippen LogP contribution in [0.5, 0.6) is 0 Å². The summed E-state index contributed by atoms with van der Waals surface area (Å²) in [6.07, 6.45) is 7.33. The molecule has 0 fully saturated rings. The number of benzene rings is 1. The molecule has 0 atom stereocenters. The molecule has 0 spiro atoms. The molecule has 0 bridgehead atoms. The third-order valence-corrected chi connectivity index (χ3v) is 4.33. The maximum atomic E-state index is 12.5. The predicted octanol–water partition coefficient (Wildman–Crippen LogP) is 3.41. The number of nitrogens with one attached hydrogen (secondary N) is 3. The molecule has 3 aromatic rings. The van der Waals surface area contributed by atoms with Crippen molar-refractivity contribution < 1.29 is 4.79 Å². The van der Waals surface area contributed by atoms with Crippen molar-refractivity contribution in [3.05, 3.63) is 47.4 Å². The van der Waals surface area contributed by atoms with E-state index in [0.29, 0.717) is 5.69 Å². The van der Waals surface area contributed by atoms with Gasteiger partial charge in [-0.15, -0.1) is 0 Å². The second kappa shape index (κ2) is 5.33. The summed E-state index contributed by atoms with van der Waals surface area (Å²) in [5, 5.41) is 11.3. The Bertz CT molecular complexity index is 830. The van der Waals surface area contributed by atoms with Gasteiger partial charge in [-0.05, 0) is 49.9 Å². The monoisotopic (exact) mass is 294 g/mol. The first-order valence-electron chi connectivity index (χ1n) is 7.76. The number of carbonyl (C=O) groups is 1. The van der Waals surface area contributed by atoms with Gasteiger partial charge < -0.3 is 10.3 Å². The van der Waals surface area contributed by atoms with Crippen molar-refractivity contribution in [1.29, 1.82) is 0 Å². The summed E-state index contributed by atoms with van der Waals surface area (Å²) >= 11 is 0. The Labute approximate surface area is 128 Å². The molecular weight excluding hydrogens is 276 g/mol. The number of H-pyrrole nitrogens is 2. The molecule has 2 aromatic heterocycles. The molecule has 112 valence electrons. The lowest BCUT2D eigenvalue weighted by Crippen LogP contribution is -2.14. The summed E-state index contributed by atoms with van der Waals surface area (Å²) in [7, 11) is 0. The third kappa shape index (κ3) is 2.28. The first-order valence-corrected chi connectivity index (χ1v) is 7.76. The second-order valence-corrected chi connectivity index (χ2v) is 5.82. The first kappa shape index (κ1) is 13.1. The van der Waals surface area contributed by atoms with Crippen molar-refractivity contribution >= 4 is 22.5 Å². The number of nitrogens with zero attached hydrogens (tertiary/aromatic N) is 1. The number of amides is 1. The van der Waals surface area contributed by atoms with Gasteiger partial charge in [0, 0.05) is 34.0 Å². The topological polar surface area (TPSA) is 73.6 Å². The molecule has 1 aromatic carbocycles. The lowest BCUT2D eigenvalue weighted by Gasteiger charge is -2.05. The molecule has 1 aliphatic carbocycles. The van der Waals surface area contributed by atoms with E-state index in [-0.39, 0.29) is 5.91 Å². The van der Waals surface area contributed by atoms with E-state index >= 15 is 0 Å². The second-order valence-electron chi connectivity index (χ2n) is 5.82. The molecule has 3 N–H and O–H groups in total. The fraction of sp³-hybridized carbons (Fsp3) is 0.294. The average molecular weight is 294 g/mol. The first-order chi connectivity index (χ1) is 10.8.